The number of carbonyl (C=O) groups is 1. The van der Waals surface area contributed by atoms with E-state index >= 15 is 0 Å². The van der Waals surface area contributed by atoms with E-state index in [0.717, 1.165) is 10.8 Å². The number of carbonyl (C=O) groups excluding carboxylic acids is 1. The van der Waals surface area contributed by atoms with Crippen molar-refractivity contribution in [3.8, 4) is 0 Å². The molecule has 0 saturated heterocycles. The van der Waals surface area contributed by atoms with Gasteiger partial charge in [-0.3, -0.25) is 9.78 Å². The highest BCUT2D eigenvalue weighted by atomic mass is 16.3. The molecule has 88 valence electrons. The Bertz CT molecular complexity index is 532. The van der Waals surface area contributed by atoms with Gasteiger partial charge in [-0.15, -0.1) is 0 Å². The monoisotopic (exact) mass is 230 g/mol. The van der Waals surface area contributed by atoms with Crippen molar-refractivity contribution >= 4 is 16.7 Å². The third-order valence-electron chi connectivity index (χ3n) is 2.45. The number of nitrogens with zero attached hydrogens (tertiary/aromatic N) is 1. The Balaban J connectivity index is 2.32. The summed E-state index contributed by atoms with van der Waals surface area (Å²) < 4.78 is 0. The summed E-state index contributed by atoms with van der Waals surface area (Å²) in [6, 6.07) is 9.44. The zero-order valence-corrected chi connectivity index (χ0v) is 9.55. The number of pyridine rings is 1. The predicted molar refractivity (Wildman–Crippen MR) is 65.8 cm³/mol. The van der Waals surface area contributed by atoms with Crippen molar-refractivity contribution in [3.05, 3.63) is 42.2 Å². The minimum absolute atomic E-state index is 0.226. The number of aromatic nitrogens is 1. The van der Waals surface area contributed by atoms with E-state index in [1.165, 1.54) is 0 Å². The van der Waals surface area contributed by atoms with E-state index in [0.29, 0.717) is 5.69 Å². The second-order valence-corrected chi connectivity index (χ2v) is 3.94. The highest BCUT2D eigenvalue weighted by Crippen LogP contribution is 2.15. The maximum atomic E-state index is 11.9. The first-order valence-electron chi connectivity index (χ1n) is 5.48. The first-order chi connectivity index (χ1) is 8.18. The van der Waals surface area contributed by atoms with Crippen LogP contribution in [-0.2, 0) is 0 Å². The van der Waals surface area contributed by atoms with E-state index in [1.807, 2.05) is 30.3 Å². The average Bonchev–Trinajstić information content (AvgIpc) is 2.35. The number of hydrogen-bond donors (Lipinski definition) is 2. The molecule has 0 fully saturated rings. The molecule has 0 bridgehead atoms. The zero-order chi connectivity index (χ0) is 12.3. The summed E-state index contributed by atoms with van der Waals surface area (Å²) in [6.45, 7) is 1.85. The van der Waals surface area contributed by atoms with Crippen LogP contribution in [0.2, 0.25) is 0 Å². The fourth-order valence-corrected chi connectivity index (χ4v) is 1.62. The molecule has 2 rings (SSSR count). The molecule has 0 spiro atoms. The molecule has 1 atom stereocenters. The molecule has 4 nitrogen and oxygen atoms in total. The van der Waals surface area contributed by atoms with Crippen LogP contribution in [-0.4, -0.2) is 28.6 Å². The molecule has 1 aromatic heterocycles. The topological polar surface area (TPSA) is 62.2 Å². The largest absolute Gasteiger partial charge is 0.392 e. The molecule has 1 heterocycles. The summed E-state index contributed by atoms with van der Waals surface area (Å²) in [5.74, 6) is -0.261. The lowest BCUT2D eigenvalue weighted by Crippen LogP contribution is -2.31. The first kappa shape index (κ1) is 11.5. The van der Waals surface area contributed by atoms with Gasteiger partial charge in [-0.25, -0.2) is 0 Å². The van der Waals surface area contributed by atoms with Gasteiger partial charge in [0, 0.05) is 18.1 Å². The van der Waals surface area contributed by atoms with Gasteiger partial charge in [-0.05, 0) is 18.4 Å². The molecule has 0 aliphatic rings. The summed E-state index contributed by atoms with van der Waals surface area (Å²) in [6.07, 6.45) is 1.05. The van der Waals surface area contributed by atoms with Crippen LogP contribution in [0.5, 0.6) is 0 Å². The lowest BCUT2D eigenvalue weighted by atomic mass is 10.1. The fourth-order valence-electron chi connectivity index (χ4n) is 1.62. The molecule has 0 aliphatic heterocycles. The second-order valence-electron chi connectivity index (χ2n) is 3.94. The Morgan fingerprint density at radius 3 is 2.94 bits per heavy atom. The Morgan fingerprint density at radius 1 is 1.41 bits per heavy atom. The molecule has 0 unspecified atom stereocenters. The van der Waals surface area contributed by atoms with Gasteiger partial charge in [0.1, 0.15) is 5.69 Å². The van der Waals surface area contributed by atoms with Crippen LogP contribution in [0.4, 0.5) is 0 Å². The van der Waals surface area contributed by atoms with Crippen molar-refractivity contribution in [2.24, 2.45) is 0 Å². The van der Waals surface area contributed by atoms with Crippen LogP contribution < -0.4 is 5.32 Å². The molecule has 0 saturated carbocycles. The van der Waals surface area contributed by atoms with Crippen molar-refractivity contribution in [2.75, 3.05) is 6.54 Å². The van der Waals surface area contributed by atoms with Crippen molar-refractivity contribution in [1.82, 2.24) is 10.3 Å². The van der Waals surface area contributed by atoms with E-state index in [9.17, 15) is 4.79 Å². The van der Waals surface area contributed by atoms with Crippen molar-refractivity contribution in [2.45, 2.75) is 13.0 Å². The fraction of sp³-hybridized carbons (Fsp3) is 0.231. The predicted octanol–water partition coefficient (Wildman–Crippen LogP) is 1.35. The van der Waals surface area contributed by atoms with Crippen molar-refractivity contribution < 1.29 is 9.90 Å². The number of benzene rings is 1. The van der Waals surface area contributed by atoms with Gasteiger partial charge in [-0.1, -0.05) is 24.3 Å². The van der Waals surface area contributed by atoms with Crippen LogP contribution in [0, 0.1) is 0 Å². The highest BCUT2D eigenvalue weighted by Gasteiger charge is 2.11. The summed E-state index contributed by atoms with van der Waals surface area (Å²) in [5, 5.41) is 13.6. The molecular weight excluding hydrogens is 216 g/mol. The van der Waals surface area contributed by atoms with Crippen LogP contribution >= 0.6 is 0 Å². The van der Waals surface area contributed by atoms with E-state index in [-0.39, 0.29) is 12.5 Å². The van der Waals surface area contributed by atoms with Crippen LogP contribution in [0.25, 0.3) is 10.8 Å². The second kappa shape index (κ2) is 4.93. The summed E-state index contributed by atoms with van der Waals surface area (Å²) in [7, 11) is 0. The lowest BCUT2D eigenvalue weighted by Gasteiger charge is -2.08. The number of rotatable bonds is 3. The Labute approximate surface area is 99.3 Å². The molecule has 0 radical (unpaired) electrons. The third-order valence-corrected chi connectivity index (χ3v) is 2.45. The third kappa shape index (κ3) is 2.60. The number of nitrogens with one attached hydrogen (secondary N) is 1. The normalized spacial score (nSPS) is 12.4. The first-order valence-corrected chi connectivity index (χ1v) is 5.48. The smallest absolute Gasteiger partial charge is 0.270 e. The SMILES string of the molecule is C[C@H](O)CNC(=O)c1nccc2ccccc12. The maximum absolute atomic E-state index is 11.9. The van der Waals surface area contributed by atoms with Gasteiger partial charge >= 0.3 is 0 Å². The lowest BCUT2D eigenvalue weighted by molar-refractivity contribution is 0.0921. The molecule has 2 N–H and O–H groups in total. The van der Waals surface area contributed by atoms with Gasteiger partial charge in [0.05, 0.1) is 6.10 Å². The van der Waals surface area contributed by atoms with Crippen LogP contribution in [0.15, 0.2) is 36.5 Å². The molecule has 4 heteroatoms. The maximum Gasteiger partial charge on any atom is 0.270 e. The van der Waals surface area contributed by atoms with E-state index in [1.54, 1.807) is 13.1 Å². The number of aliphatic hydroxyl groups is 1. The molecule has 17 heavy (non-hydrogen) atoms. The highest BCUT2D eigenvalue weighted by molar-refractivity contribution is 6.05. The Kier molecular flexibility index (Phi) is 3.35. The summed E-state index contributed by atoms with van der Waals surface area (Å²) in [4.78, 5) is 16.0. The standard InChI is InChI=1S/C13H14N2O2/c1-9(16)8-15-13(17)12-11-5-3-2-4-10(11)6-7-14-12/h2-7,9,16H,8H2,1H3,(H,15,17)/t9-/m0/s1. The van der Waals surface area contributed by atoms with E-state index in [4.69, 9.17) is 5.11 Å². The molecule has 0 aliphatic carbocycles. The minimum atomic E-state index is -0.561. The van der Waals surface area contributed by atoms with Crippen molar-refractivity contribution in [3.63, 3.8) is 0 Å². The van der Waals surface area contributed by atoms with Gasteiger partial charge in [-0.2, -0.15) is 0 Å². The van der Waals surface area contributed by atoms with Gasteiger partial charge in [0.25, 0.3) is 5.91 Å². The number of hydrogen-bond acceptors (Lipinski definition) is 3. The van der Waals surface area contributed by atoms with E-state index < -0.39 is 6.10 Å². The van der Waals surface area contributed by atoms with Gasteiger partial charge < -0.3 is 10.4 Å². The van der Waals surface area contributed by atoms with Gasteiger partial charge in [0.2, 0.25) is 0 Å². The Morgan fingerprint density at radius 2 is 2.18 bits per heavy atom. The molecule has 2 aromatic rings. The van der Waals surface area contributed by atoms with Crippen LogP contribution in [0.3, 0.4) is 0 Å². The minimum Gasteiger partial charge on any atom is -0.392 e. The zero-order valence-electron chi connectivity index (χ0n) is 9.55. The number of amides is 1. The molecule has 1 aromatic carbocycles. The van der Waals surface area contributed by atoms with Gasteiger partial charge in [0.15, 0.2) is 0 Å². The number of fused-ring (bicyclic) bond motifs is 1. The number of aliphatic hydroxyl groups excluding tert-OH is 1. The summed E-state index contributed by atoms with van der Waals surface area (Å²) in [5.41, 5.74) is 0.392. The van der Waals surface area contributed by atoms with E-state index in [2.05, 4.69) is 10.3 Å². The summed E-state index contributed by atoms with van der Waals surface area (Å²) >= 11 is 0. The quantitative estimate of drug-likeness (QED) is 0.836. The Hall–Kier alpha value is -1.94. The molecular formula is C13H14N2O2. The van der Waals surface area contributed by atoms with Crippen molar-refractivity contribution in [1.29, 1.82) is 0 Å². The molecule has 1 amide bonds. The average molecular weight is 230 g/mol. The van der Waals surface area contributed by atoms with Crippen LogP contribution in [0.1, 0.15) is 17.4 Å².